The third-order valence-corrected chi connectivity index (χ3v) is 11.3. The van der Waals surface area contributed by atoms with Crippen LogP contribution in [0, 0.1) is 0 Å². The standard InChI is InChI=1S/C44H28O6S/c1-48-43(45)37-19-17-29(33-7-3-5-9-35(33)37)25-11-15-31-27(23-25)13-21-39-41(31)51(47)42-32-16-12-26(24-28(32)14-22-40(42)50-39)30-18-20-38(44(46)49-2)36-10-6-4-8-34(30)36/h3-24H,1-2H3. The van der Waals surface area contributed by atoms with E-state index >= 15 is 0 Å². The number of rotatable bonds is 4. The van der Waals surface area contributed by atoms with E-state index in [2.05, 4.69) is 12.1 Å². The molecule has 0 bridgehead atoms. The lowest BCUT2D eigenvalue weighted by atomic mass is 9.93. The van der Waals surface area contributed by atoms with Gasteiger partial charge in [-0.05, 0) is 91.0 Å². The van der Waals surface area contributed by atoms with Crippen LogP contribution in [-0.2, 0) is 20.3 Å². The summed E-state index contributed by atoms with van der Waals surface area (Å²) in [7, 11) is 1.24. The highest BCUT2D eigenvalue weighted by molar-refractivity contribution is 7.86. The van der Waals surface area contributed by atoms with Crippen LogP contribution in [0.3, 0.4) is 0 Å². The lowest BCUT2D eigenvalue weighted by Gasteiger charge is -2.23. The van der Waals surface area contributed by atoms with Crippen molar-refractivity contribution in [1.29, 1.82) is 0 Å². The first kappa shape index (κ1) is 30.7. The van der Waals surface area contributed by atoms with E-state index < -0.39 is 10.8 Å². The summed E-state index contributed by atoms with van der Waals surface area (Å²) >= 11 is 0. The van der Waals surface area contributed by atoms with E-state index in [0.29, 0.717) is 32.4 Å². The van der Waals surface area contributed by atoms with Gasteiger partial charge in [0.2, 0.25) is 0 Å². The predicted octanol–water partition coefficient (Wildman–Crippen LogP) is 10.5. The highest BCUT2D eigenvalue weighted by Crippen LogP contribution is 2.47. The van der Waals surface area contributed by atoms with Crippen LogP contribution in [0.25, 0.3) is 65.3 Å². The molecule has 0 amide bonds. The number of carbonyl (C=O) groups is 2. The number of fused-ring (bicyclic) bond motifs is 8. The van der Waals surface area contributed by atoms with E-state index in [4.69, 9.17) is 14.2 Å². The van der Waals surface area contributed by atoms with E-state index in [0.717, 1.165) is 65.3 Å². The van der Waals surface area contributed by atoms with Gasteiger partial charge in [-0.2, -0.15) is 0 Å². The molecule has 6 nitrogen and oxygen atoms in total. The molecule has 0 N–H and O–H groups in total. The first-order chi connectivity index (χ1) is 24.9. The number of hydrogen-bond acceptors (Lipinski definition) is 6. The molecule has 51 heavy (non-hydrogen) atoms. The molecule has 1 aliphatic heterocycles. The molecule has 0 spiro atoms. The summed E-state index contributed by atoms with van der Waals surface area (Å²) in [5, 5.41) is 7.08. The molecule has 7 heteroatoms. The summed E-state index contributed by atoms with van der Waals surface area (Å²) in [6.07, 6.45) is 0. The molecule has 0 aromatic heterocycles. The van der Waals surface area contributed by atoms with Crippen molar-refractivity contribution in [1.82, 2.24) is 0 Å². The smallest absolute Gasteiger partial charge is 0.338 e. The van der Waals surface area contributed by atoms with E-state index in [-0.39, 0.29) is 11.9 Å². The highest BCUT2D eigenvalue weighted by atomic mass is 32.2. The van der Waals surface area contributed by atoms with Gasteiger partial charge in [-0.25, -0.2) is 13.8 Å². The van der Waals surface area contributed by atoms with Gasteiger partial charge in [-0.15, -0.1) is 0 Å². The molecule has 9 rings (SSSR count). The van der Waals surface area contributed by atoms with Crippen LogP contribution >= 0.6 is 0 Å². The lowest BCUT2D eigenvalue weighted by molar-refractivity contribution is 0.0594. The lowest BCUT2D eigenvalue weighted by Crippen LogP contribution is -2.07. The summed E-state index contributed by atoms with van der Waals surface area (Å²) < 4.78 is 31.1. The van der Waals surface area contributed by atoms with Crippen molar-refractivity contribution >= 4 is 65.8 Å². The van der Waals surface area contributed by atoms with Gasteiger partial charge < -0.3 is 14.2 Å². The molecule has 0 saturated heterocycles. The van der Waals surface area contributed by atoms with Crippen LogP contribution in [0.1, 0.15) is 20.7 Å². The van der Waals surface area contributed by atoms with Gasteiger partial charge in [0, 0.05) is 10.8 Å². The Hall–Kier alpha value is -6.31. The number of carbonyl (C=O) groups excluding carboxylic acids is 2. The van der Waals surface area contributed by atoms with Crippen molar-refractivity contribution in [2.45, 2.75) is 9.79 Å². The minimum absolute atomic E-state index is 0.378. The number of methoxy groups -OCH3 is 2. The minimum atomic E-state index is -1.53. The molecule has 0 radical (unpaired) electrons. The molecule has 8 aromatic rings. The largest absolute Gasteiger partial charge is 0.465 e. The molecule has 0 fully saturated rings. The Bertz CT molecular complexity index is 2630. The Morgan fingerprint density at radius 3 is 1.35 bits per heavy atom. The second-order valence-electron chi connectivity index (χ2n) is 12.4. The first-order valence-corrected chi connectivity index (χ1v) is 17.5. The maximum atomic E-state index is 14.6. The Labute approximate surface area is 295 Å². The summed E-state index contributed by atoms with van der Waals surface area (Å²) in [6, 6.07) is 43.1. The van der Waals surface area contributed by atoms with Gasteiger partial charge in [0.25, 0.3) is 0 Å². The Kier molecular flexibility index (Phi) is 7.19. The molecule has 246 valence electrons. The van der Waals surface area contributed by atoms with E-state index in [1.165, 1.54) is 14.2 Å². The van der Waals surface area contributed by atoms with Gasteiger partial charge >= 0.3 is 11.9 Å². The van der Waals surface area contributed by atoms with Crippen molar-refractivity contribution in [3.63, 3.8) is 0 Å². The van der Waals surface area contributed by atoms with E-state index in [9.17, 15) is 13.8 Å². The van der Waals surface area contributed by atoms with E-state index in [1.54, 1.807) is 12.1 Å². The molecule has 8 aromatic carbocycles. The van der Waals surface area contributed by atoms with Crippen molar-refractivity contribution in [2.75, 3.05) is 14.2 Å². The number of benzene rings is 8. The van der Waals surface area contributed by atoms with Gasteiger partial charge in [-0.3, -0.25) is 0 Å². The average Bonchev–Trinajstić information content (AvgIpc) is 3.18. The fourth-order valence-electron chi connectivity index (χ4n) is 7.34. The summed E-state index contributed by atoms with van der Waals surface area (Å²) in [5.41, 5.74) is 4.94. The second kappa shape index (κ2) is 11.9. The molecule has 1 heterocycles. The predicted molar refractivity (Wildman–Crippen MR) is 201 cm³/mol. The van der Waals surface area contributed by atoms with Crippen LogP contribution in [0.15, 0.2) is 143 Å². The van der Waals surface area contributed by atoms with Gasteiger partial charge in [0.15, 0.2) is 0 Å². The monoisotopic (exact) mass is 684 g/mol. The van der Waals surface area contributed by atoms with Gasteiger partial charge in [0.1, 0.15) is 11.5 Å². The summed E-state index contributed by atoms with van der Waals surface area (Å²) in [5.74, 6) is 0.388. The Morgan fingerprint density at radius 2 is 0.922 bits per heavy atom. The molecule has 0 aliphatic carbocycles. The zero-order valence-corrected chi connectivity index (χ0v) is 28.4. The molecule has 0 atom stereocenters. The quantitative estimate of drug-likeness (QED) is 0.172. The summed E-state index contributed by atoms with van der Waals surface area (Å²) in [6.45, 7) is 0. The third-order valence-electron chi connectivity index (χ3n) is 9.74. The maximum Gasteiger partial charge on any atom is 0.338 e. The SMILES string of the molecule is COC(=O)c1ccc(-c2ccc3c4c(ccc3c2)Oc2ccc3cc(-c5ccc(C(=O)OC)c6ccccc56)ccc3c2S4=O)c2ccccc12. The fraction of sp³-hybridized carbons (Fsp3) is 0.0455. The highest BCUT2D eigenvalue weighted by Gasteiger charge is 2.28. The molecule has 1 aliphatic rings. The van der Waals surface area contributed by atoms with Crippen LogP contribution < -0.4 is 4.74 Å². The number of hydrogen-bond donors (Lipinski definition) is 0. The third kappa shape index (κ3) is 4.81. The zero-order chi connectivity index (χ0) is 34.8. The molecule has 0 unspecified atom stereocenters. The average molecular weight is 685 g/mol. The summed E-state index contributed by atoms with van der Waals surface area (Å²) in [4.78, 5) is 26.2. The maximum absolute atomic E-state index is 14.6. The normalized spacial score (nSPS) is 12.4. The van der Waals surface area contributed by atoms with Gasteiger partial charge in [-0.1, -0.05) is 97.1 Å². The first-order valence-electron chi connectivity index (χ1n) is 16.4. The zero-order valence-electron chi connectivity index (χ0n) is 27.6. The van der Waals surface area contributed by atoms with Crippen molar-refractivity contribution in [2.24, 2.45) is 0 Å². The van der Waals surface area contributed by atoms with Crippen LogP contribution in [0.5, 0.6) is 11.5 Å². The number of esters is 2. The van der Waals surface area contributed by atoms with E-state index in [1.807, 2.05) is 109 Å². The molecular weight excluding hydrogens is 657 g/mol. The fourth-order valence-corrected chi connectivity index (χ4v) is 8.90. The topological polar surface area (TPSA) is 78.9 Å². The number of ether oxygens (including phenoxy) is 3. The van der Waals surface area contributed by atoms with Crippen LogP contribution in [0.4, 0.5) is 0 Å². The minimum Gasteiger partial charge on any atom is -0.465 e. The van der Waals surface area contributed by atoms with Crippen molar-refractivity contribution in [3.8, 4) is 33.8 Å². The van der Waals surface area contributed by atoms with Crippen LogP contribution in [-0.4, -0.2) is 30.4 Å². The van der Waals surface area contributed by atoms with Gasteiger partial charge in [0.05, 0.1) is 45.9 Å². The Morgan fingerprint density at radius 1 is 0.490 bits per heavy atom. The molecule has 0 saturated carbocycles. The second-order valence-corrected chi connectivity index (χ2v) is 13.8. The Balaban J connectivity index is 1.13. The van der Waals surface area contributed by atoms with Crippen LogP contribution in [0.2, 0.25) is 0 Å². The molecular formula is C44H28O6S. The van der Waals surface area contributed by atoms with Crippen molar-refractivity contribution < 1.29 is 28.0 Å². The van der Waals surface area contributed by atoms with Crippen molar-refractivity contribution in [3.05, 3.63) is 145 Å².